The number of halogens is 2. The molecule has 1 fully saturated rings. The molecule has 0 saturated carbocycles. The summed E-state index contributed by atoms with van der Waals surface area (Å²) in [5.41, 5.74) is -0.815. The Bertz CT molecular complexity index is 738. The van der Waals surface area contributed by atoms with Gasteiger partial charge in [-0.1, -0.05) is 27.7 Å². The van der Waals surface area contributed by atoms with Crippen molar-refractivity contribution in [2.45, 2.75) is 38.3 Å². The van der Waals surface area contributed by atoms with Crippen LogP contribution < -0.4 is 5.32 Å². The van der Waals surface area contributed by atoms with E-state index in [0.717, 1.165) is 4.47 Å². The van der Waals surface area contributed by atoms with Crippen LogP contribution in [0.2, 0.25) is 0 Å². The second-order valence-electron chi connectivity index (χ2n) is 7.43. The Labute approximate surface area is 165 Å². The lowest BCUT2D eigenvalue weighted by atomic mass is 9.75. The molecular formula is C18H22BrFN2O3S. The second kappa shape index (κ2) is 7.48. The Balaban J connectivity index is 1.95. The normalized spacial score (nSPS) is 25.9. The molecule has 1 unspecified atom stereocenters. The molecule has 2 atom stereocenters. The summed E-state index contributed by atoms with van der Waals surface area (Å²) in [6, 6.07) is 4.89. The highest BCUT2D eigenvalue weighted by Gasteiger charge is 2.47. The van der Waals surface area contributed by atoms with Crippen LogP contribution in [0.3, 0.4) is 0 Å². The van der Waals surface area contributed by atoms with Crippen molar-refractivity contribution in [2.24, 2.45) is 10.9 Å². The summed E-state index contributed by atoms with van der Waals surface area (Å²) in [7, 11) is 0. The molecule has 142 valence electrons. The number of fused-ring (bicyclic) bond motifs is 1. The molecular weight excluding hydrogens is 423 g/mol. The third-order valence-corrected chi connectivity index (χ3v) is 5.88. The first-order chi connectivity index (χ1) is 12.2. The molecule has 2 aliphatic rings. The number of carbonyl (C=O) groups is 1. The number of amidine groups is 1. The summed E-state index contributed by atoms with van der Waals surface area (Å²) in [5, 5.41) is 3.17. The standard InChI is InChI=1S/C18H22BrFN2O3S/c1-17(2,3)25-16(23)21-15-22-18(6-7-24-9-11(18)10-26-15)13-8-12(19)4-5-14(13)20/h4-5,8,11H,6-7,9-10H2,1-3H3,(H,21,22,23)/t11?,18-/m0/s1. The summed E-state index contributed by atoms with van der Waals surface area (Å²) in [4.78, 5) is 16.9. The first-order valence-corrected chi connectivity index (χ1v) is 10.2. The predicted octanol–water partition coefficient (Wildman–Crippen LogP) is 4.45. The second-order valence-corrected chi connectivity index (χ2v) is 9.35. The van der Waals surface area contributed by atoms with Crippen LogP contribution in [0.25, 0.3) is 0 Å². The van der Waals surface area contributed by atoms with Gasteiger partial charge in [-0.25, -0.2) is 9.18 Å². The van der Waals surface area contributed by atoms with Crippen molar-refractivity contribution in [3.8, 4) is 0 Å². The van der Waals surface area contributed by atoms with Gasteiger partial charge >= 0.3 is 6.09 Å². The molecule has 1 aromatic carbocycles. The first kappa shape index (κ1) is 19.6. The van der Waals surface area contributed by atoms with Gasteiger partial charge in [0.2, 0.25) is 0 Å². The van der Waals surface area contributed by atoms with Gasteiger partial charge in [-0.05, 0) is 39.0 Å². The van der Waals surface area contributed by atoms with Gasteiger partial charge in [-0.2, -0.15) is 0 Å². The maximum absolute atomic E-state index is 14.7. The van der Waals surface area contributed by atoms with E-state index in [-0.39, 0.29) is 11.7 Å². The molecule has 0 aromatic heterocycles. The molecule has 0 spiro atoms. The summed E-state index contributed by atoms with van der Waals surface area (Å²) < 4.78 is 26.4. The molecule has 1 amide bonds. The number of benzene rings is 1. The van der Waals surface area contributed by atoms with Gasteiger partial charge in [-0.15, -0.1) is 0 Å². The molecule has 8 heteroatoms. The van der Waals surface area contributed by atoms with E-state index in [0.29, 0.717) is 36.1 Å². The van der Waals surface area contributed by atoms with Crippen molar-refractivity contribution in [3.05, 3.63) is 34.1 Å². The van der Waals surface area contributed by atoms with Crippen LogP contribution in [-0.2, 0) is 15.0 Å². The van der Waals surface area contributed by atoms with E-state index in [1.54, 1.807) is 32.9 Å². The number of amides is 1. The number of thioether (sulfide) groups is 1. The minimum atomic E-state index is -0.748. The maximum Gasteiger partial charge on any atom is 0.413 e. The molecule has 1 saturated heterocycles. The summed E-state index contributed by atoms with van der Waals surface area (Å²) in [6.45, 7) is 6.42. The molecule has 2 heterocycles. The monoisotopic (exact) mass is 444 g/mol. The van der Waals surface area contributed by atoms with Crippen LogP contribution >= 0.6 is 27.7 Å². The average Bonchev–Trinajstić information content (AvgIpc) is 2.55. The quantitative estimate of drug-likeness (QED) is 0.694. The van der Waals surface area contributed by atoms with E-state index >= 15 is 0 Å². The zero-order valence-corrected chi connectivity index (χ0v) is 17.4. The number of alkyl carbamates (subject to hydrolysis) is 1. The van der Waals surface area contributed by atoms with Crippen molar-refractivity contribution >= 4 is 39.0 Å². The highest BCUT2D eigenvalue weighted by atomic mass is 79.9. The number of hydrogen-bond donors (Lipinski definition) is 1. The van der Waals surface area contributed by atoms with Gasteiger partial charge in [0.05, 0.1) is 12.1 Å². The lowest BCUT2D eigenvalue weighted by molar-refractivity contribution is 0.00865. The van der Waals surface area contributed by atoms with E-state index in [4.69, 9.17) is 14.5 Å². The molecule has 26 heavy (non-hydrogen) atoms. The van der Waals surface area contributed by atoms with Gasteiger partial charge < -0.3 is 9.47 Å². The minimum absolute atomic E-state index is 0.0363. The smallest absolute Gasteiger partial charge is 0.413 e. The van der Waals surface area contributed by atoms with Crippen LogP contribution in [0.5, 0.6) is 0 Å². The fourth-order valence-electron chi connectivity index (χ4n) is 3.22. The van der Waals surface area contributed by atoms with Gasteiger partial charge in [0.25, 0.3) is 0 Å². The minimum Gasteiger partial charge on any atom is -0.444 e. The molecule has 0 bridgehead atoms. The molecule has 0 aliphatic carbocycles. The van der Waals surface area contributed by atoms with Crippen molar-refractivity contribution in [1.29, 1.82) is 0 Å². The molecule has 1 N–H and O–H groups in total. The van der Waals surface area contributed by atoms with Crippen molar-refractivity contribution in [1.82, 2.24) is 5.32 Å². The molecule has 2 aliphatic heterocycles. The van der Waals surface area contributed by atoms with Crippen LogP contribution in [0.1, 0.15) is 32.8 Å². The molecule has 0 radical (unpaired) electrons. The number of rotatable bonds is 1. The third-order valence-electron chi connectivity index (χ3n) is 4.35. The summed E-state index contributed by atoms with van der Waals surface area (Å²) in [6.07, 6.45) is 0.00425. The number of nitrogens with one attached hydrogen (secondary N) is 1. The first-order valence-electron chi connectivity index (χ1n) is 8.45. The number of ether oxygens (including phenoxy) is 2. The lowest BCUT2D eigenvalue weighted by Gasteiger charge is -2.44. The Morgan fingerprint density at radius 3 is 3.00 bits per heavy atom. The van der Waals surface area contributed by atoms with Crippen molar-refractivity contribution in [3.63, 3.8) is 0 Å². The lowest BCUT2D eigenvalue weighted by Crippen LogP contribution is -2.48. The van der Waals surface area contributed by atoms with Gasteiger partial charge in [0.1, 0.15) is 11.4 Å². The van der Waals surface area contributed by atoms with E-state index in [2.05, 4.69) is 21.2 Å². The zero-order valence-electron chi connectivity index (χ0n) is 15.0. The van der Waals surface area contributed by atoms with Crippen LogP contribution in [0.4, 0.5) is 9.18 Å². The molecule has 1 aromatic rings. The Kier molecular flexibility index (Phi) is 5.65. The zero-order chi connectivity index (χ0) is 18.9. The van der Waals surface area contributed by atoms with Crippen molar-refractivity contribution in [2.75, 3.05) is 19.0 Å². The topological polar surface area (TPSA) is 59.9 Å². The summed E-state index contributed by atoms with van der Waals surface area (Å²) >= 11 is 4.85. The number of nitrogens with zero attached hydrogens (tertiary/aromatic N) is 1. The summed E-state index contributed by atoms with van der Waals surface area (Å²) in [5.74, 6) is 0.419. The Morgan fingerprint density at radius 2 is 2.27 bits per heavy atom. The van der Waals surface area contributed by atoms with Crippen LogP contribution in [-0.4, -0.2) is 35.8 Å². The largest absolute Gasteiger partial charge is 0.444 e. The van der Waals surface area contributed by atoms with Gasteiger partial charge in [0, 0.05) is 34.7 Å². The van der Waals surface area contributed by atoms with Crippen LogP contribution in [0.15, 0.2) is 27.7 Å². The number of aliphatic imine (C=N–C) groups is 1. The number of hydrogen-bond acceptors (Lipinski definition) is 5. The third kappa shape index (κ3) is 4.23. The van der Waals surface area contributed by atoms with E-state index in [1.165, 1.54) is 17.8 Å². The molecule has 3 rings (SSSR count). The van der Waals surface area contributed by atoms with Gasteiger partial charge in [0.15, 0.2) is 5.17 Å². The van der Waals surface area contributed by atoms with Crippen molar-refractivity contribution < 1.29 is 18.7 Å². The predicted molar refractivity (Wildman–Crippen MR) is 104 cm³/mol. The number of carbonyl (C=O) groups excluding carboxylic acids is 1. The maximum atomic E-state index is 14.7. The highest BCUT2D eigenvalue weighted by molar-refractivity contribution is 9.10. The van der Waals surface area contributed by atoms with E-state index in [1.807, 2.05) is 0 Å². The fraction of sp³-hybridized carbons (Fsp3) is 0.556. The van der Waals surface area contributed by atoms with E-state index < -0.39 is 17.2 Å². The van der Waals surface area contributed by atoms with Crippen LogP contribution in [0, 0.1) is 11.7 Å². The molecule has 5 nitrogen and oxygen atoms in total. The highest BCUT2D eigenvalue weighted by Crippen LogP contribution is 2.46. The Morgan fingerprint density at radius 1 is 1.50 bits per heavy atom. The Hall–Kier alpha value is -1.12. The average molecular weight is 445 g/mol. The fourth-order valence-corrected chi connectivity index (χ4v) is 4.70. The SMILES string of the molecule is CC(C)(C)OC(=O)NC1=N[C@@]2(c3cc(Br)ccc3F)CCOCC2CS1. The van der Waals surface area contributed by atoms with E-state index in [9.17, 15) is 9.18 Å². The van der Waals surface area contributed by atoms with Gasteiger partial charge in [-0.3, -0.25) is 10.3 Å².